The first-order chi connectivity index (χ1) is 8.80. The van der Waals surface area contributed by atoms with Gasteiger partial charge in [0.05, 0.1) is 0 Å². The summed E-state index contributed by atoms with van der Waals surface area (Å²) < 4.78 is 0. The molecule has 1 N–H and O–H groups in total. The molecule has 4 rings (SSSR count). The molecule has 4 aliphatic carbocycles. The van der Waals surface area contributed by atoms with Gasteiger partial charge in [0.15, 0.2) is 0 Å². The summed E-state index contributed by atoms with van der Waals surface area (Å²) in [6.07, 6.45) is 15.2. The molecule has 0 aromatic heterocycles. The topological polar surface area (TPSA) is 12.0 Å². The third-order valence-corrected chi connectivity index (χ3v) is 5.93. The number of nitrogens with one attached hydrogen (secondary N) is 1. The molecule has 0 heterocycles. The van der Waals surface area contributed by atoms with Crippen molar-refractivity contribution in [2.75, 3.05) is 13.1 Å². The Labute approximate surface area is 125 Å². The van der Waals surface area contributed by atoms with Gasteiger partial charge in [-0.05, 0) is 94.0 Å². The molecular weight excluding hydrogens is 254 g/mol. The third kappa shape index (κ3) is 3.67. The second kappa shape index (κ2) is 6.80. The van der Waals surface area contributed by atoms with Gasteiger partial charge in [0.2, 0.25) is 0 Å². The van der Waals surface area contributed by atoms with Crippen LogP contribution in [0.3, 0.4) is 0 Å². The summed E-state index contributed by atoms with van der Waals surface area (Å²) in [6.45, 7) is 4.77. The highest BCUT2D eigenvalue weighted by Gasteiger charge is 2.50. The molecule has 1 nitrogen and oxygen atoms in total. The molecule has 0 spiro atoms. The van der Waals surface area contributed by atoms with Gasteiger partial charge in [0, 0.05) is 0 Å². The van der Waals surface area contributed by atoms with Gasteiger partial charge in [-0.2, -0.15) is 0 Å². The Bertz CT molecular complexity index is 241. The number of rotatable bonds is 7. The number of halogens is 1. The molecule has 112 valence electrons. The fourth-order valence-corrected chi connectivity index (χ4v) is 5.61. The van der Waals surface area contributed by atoms with Crippen molar-refractivity contribution >= 4 is 12.4 Å². The van der Waals surface area contributed by atoms with Crippen molar-refractivity contribution in [3.05, 3.63) is 0 Å². The van der Waals surface area contributed by atoms with Crippen LogP contribution in [0.25, 0.3) is 0 Å². The van der Waals surface area contributed by atoms with Crippen LogP contribution in [-0.2, 0) is 0 Å². The molecule has 0 unspecified atom stereocenters. The Morgan fingerprint density at radius 3 is 1.95 bits per heavy atom. The van der Waals surface area contributed by atoms with E-state index in [1.54, 1.807) is 38.5 Å². The predicted molar refractivity (Wildman–Crippen MR) is 84.9 cm³/mol. The highest BCUT2D eigenvalue weighted by Crippen LogP contribution is 2.61. The van der Waals surface area contributed by atoms with E-state index < -0.39 is 0 Å². The van der Waals surface area contributed by atoms with Crippen molar-refractivity contribution in [3.63, 3.8) is 0 Å². The van der Waals surface area contributed by atoms with Crippen LogP contribution in [0.1, 0.15) is 71.1 Å². The Hall–Kier alpha value is 0.250. The van der Waals surface area contributed by atoms with E-state index in [4.69, 9.17) is 0 Å². The number of hydrogen-bond acceptors (Lipinski definition) is 1. The highest BCUT2D eigenvalue weighted by atomic mass is 35.5. The summed E-state index contributed by atoms with van der Waals surface area (Å²) in [5, 5.41) is 3.62. The van der Waals surface area contributed by atoms with Gasteiger partial charge in [0.1, 0.15) is 0 Å². The monoisotopic (exact) mass is 285 g/mol. The maximum absolute atomic E-state index is 3.62. The van der Waals surface area contributed by atoms with E-state index in [1.165, 1.54) is 38.8 Å². The Kier molecular flexibility index (Phi) is 5.60. The first-order valence-corrected chi connectivity index (χ1v) is 8.50. The van der Waals surface area contributed by atoms with Crippen LogP contribution in [-0.4, -0.2) is 13.1 Å². The molecule has 0 amide bonds. The van der Waals surface area contributed by atoms with Crippen LogP contribution >= 0.6 is 12.4 Å². The van der Waals surface area contributed by atoms with Crippen LogP contribution in [0.4, 0.5) is 0 Å². The third-order valence-electron chi connectivity index (χ3n) is 5.93. The zero-order chi connectivity index (χ0) is 12.4. The van der Waals surface area contributed by atoms with Crippen LogP contribution in [0.2, 0.25) is 0 Å². The summed E-state index contributed by atoms with van der Waals surface area (Å²) in [5.41, 5.74) is 0.807. The van der Waals surface area contributed by atoms with E-state index in [-0.39, 0.29) is 12.4 Å². The highest BCUT2D eigenvalue weighted by molar-refractivity contribution is 5.85. The lowest BCUT2D eigenvalue weighted by Gasteiger charge is -2.57. The lowest BCUT2D eigenvalue weighted by atomic mass is 9.48. The van der Waals surface area contributed by atoms with Gasteiger partial charge < -0.3 is 5.32 Å². The number of unbranched alkanes of at least 4 members (excludes halogenated alkanes) is 1. The van der Waals surface area contributed by atoms with Crippen molar-refractivity contribution in [1.29, 1.82) is 0 Å². The Morgan fingerprint density at radius 2 is 1.42 bits per heavy atom. The standard InChI is InChI=1S/C17H31N.ClH/c1-2-3-6-18-7-4-5-17-11-14-8-15(12-17)10-16(9-14)13-17;/h14-16,18H,2-13H2,1H3;1H. The molecule has 0 radical (unpaired) electrons. The Balaban J connectivity index is 0.00000133. The molecule has 0 aliphatic heterocycles. The summed E-state index contributed by atoms with van der Waals surface area (Å²) in [4.78, 5) is 0. The maximum atomic E-state index is 3.62. The van der Waals surface area contributed by atoms with E-state index >= 15 is 0 Å². The minimum absolute atomic E-state index is 0. The molecule has 0 aromatic rings. The van der Waals surface area contributed by atoms with Crippen LogP contribution in [0.15, 0.2) is 0 Å². The van der Waals surface area contributed by atoms with Gasteiger partial charge in [-0.15, -0.1) is 12.4 Å². The van der Waals surface area contributed by atoms with E-state index in [9.17, 15) is 0 Å². The molecule has 4 bridgehead atoms. The zero-order valence-corrected chi connectivity index (χ0v) is 13.4. The fourth-order valence-electron chi connectivity index (χ4n) is 5.61. The minimum atomic E-state index is 0. The molecule has 19 heavy (non-hydrogen) atoms. The second-order valence-electron chi connectivity index (χ2n) is 7.62. The SMILES string of the molecule is CCCCNCCCC12CC3CC(CC(C3)C1)C2.Cl. The zero-order valence-electron chi connectivity index (χ0n) is 12.6. The average Bonchev–Trinajstić information content (AvgIpc) is 2.32. The minimum Gasteiger partial charge on any atom is -0.317 e. The lowest BCUT2D eigenvalue weighted by Crippen LogP contribution is -2.46. The van der Waals surface area contributed by atoms with E-state index in [1.807, 2.05) is 0 Å². The lowest BCUT2D eigenvalue weighted by molar-refractivity contribution is -0.0579. The quantitative estimate of drug-likeness (QED) is 0.663. The normalized spacial score (nSPS) is 39.3. The fraction of sp³-hybridized carbons (Fsp3) is 1.00. The first kappa shape index (κ1) is 15.6. The van der Waals surface area contributed by atoms with Gasteiger partial charge in [-0.3, -0.25) is 0 Å². The average molecular weight is 286 g/mol. The first-order valence-electron chi connectivity index (χ1n) is 8.50. The van der Waals surface area contributed by atoms with E-state index in [2.05, 4.69) is 12.2 Å². The summed E-state index contributed by atoms with van der Waals surface area (Å²) in [5.74, 6) is 3.39. The van der Waals surface area contributed by atoms with Gasteiger partial charge >= 0.3 is 0 Å². The molecule has 0 saturated heterocycles. The molecule has 0 atom stereocenters. The van der Waals surface area contributed by atoms with Gasteiger partial charge in [-0.1, -0.05) is 13.3 Å². The molecule has 4 saturated carbocycles. The van der Waals surface area contributed by atoms with Crippen molar-refractivity contribution < 1.29 is 0 Å². The van der Waals surface area contributed by atoms with E-state index in [0.717, 1.165) is 23.2 Å². The molecule has 0 aromatic carbocycles. The van der Waals surface area contributed by atoms with Gasteiger partial charge in [0.25, 0.3) is 0 Å². The largest absolute Gasteiger partial charge is 0.317 e. The summed E-state index contributed by atoms with van der Waals surface area (Å²) in [6, 6.07) is 0. The molecule has 4 fully saturated rings. The predicted octanol–water partition coefficient (Wildman–Crippen LogP) is 4.79. The molecule has 4 aliphatic rings. The van der Waals surface area contributed by atoms with Crippen LogP contribution < -0.4 is 5.32 Å². The van der Waals surface area contributed by atoms with E-state index in [0.29, 0.717) is 0 Å². The maximum Gasteiger partial charge on any atom is -0.00487 e. The van der Waals surface area contributed by atoms with Crippen molar-refractivity contribution in [2.45, 2.75) is 71.1 Å². The second-order valence-corrected chi connectivity index (χ2v) is 7.62. The van der Waals surface area contributed by atoms with Crippen molar-refractivity contribution in [2.24, 2.45) is 23.2 Å². The van der Waals surface area contributed by atoms with Gasteiger partial charge in [-0.25, -0.2) is 0 Å². The van der Waals surface area contributed by atoms with Crippen molar-refractivity contribution in [3.8, 4) is 0 Å². The Morgan fingerprint density at radius 1 is 0.895 bits per heavy atom. The smallest absolute Gasteiger partial charge is 0.00487 e. The summed E-state index contributed by atoms with van der Waals surface area (Å²) in [7, 11) is 0. The van der Waals surface area contributed by atoms with Crippen molar-refractivity contribution in [1.82, 2.24) is 5.32 Å². The van der Waals surface area contributed by atoms with Crippen LogP contribution in [0.5, 0.6) is 0 Å². The summed E-state index contributed by atoms with van der Waals surface area (Å²) >= 11 is 0. The molecule has 2 heteroatoms. The number of hydrogen-bond donors (Lipinski definition) is 1. The van der Waals surface area contributed by atoms with Crippen LogP contribution in [0, 0.1) is 23.2 Å². The molecular formula is C17H32ClN.